The lowest BCUT2D eigenvalue weighted by Gasteiger charge is -2.12. The van der Waals surface area contributed by atoms with Crippen molar-refractivity contribution in [1.82, 2.24) is 19.8 Å². The number of hydrogen-bond donors (Lipinski definition) is 1. The van der Waals surface area contributed by atoms with Gasteiger partial charge in [0.1, 0.15) is 11.6 Å². The lowest BCUT2D eigenvalue weighted by molar-refractivity contribution is 0.439. The van der Waals surface area contributed by atoms with E-state index in [9.17, 15) is 8.78 Å². The van der Waals surface area contributed by atoms with Crippen LogP contribution >= 0.6 is 0 Å². The van der Waals surface area contributed by atoms with E-state index in [-0.39, 0.29) is 5.75 Å². The number of rotatable bonds is 3. The zero-order chi connectivity index (χ0) is 18.3. The van der Waals surface area contributed by atoms with Crippen molar-refractivity contribution < 1.29 is 13.5 Å². The predicted molar refractivity (Wildman–Crippen MR) is 91.8 cm³/mol. The number of benzene rings is 2. The molecule has 0 saturated carbocycles. The molecule has 0 atom stereocenters. The molecule has 0 bridgehead atoms. The molecule has 0 aliphatic rings. The molecular formula is C18H13F2N5O. The molecule has 0 radical (unpaired) electrons. The first kappa shape index (κ1) is 15.9. The summed E-state index contributed by atoms with van der Waals surface area (Å²) in [5.41, 5.74) is 8.09. The largest absolute Gasteiger partial charge is 0.454 e. The van der Waals surface area contributed by atoms with Crippen molar-refractivity contribution in [3.63, 3.8) is 0 Å². The van der Waals surface area contributed by atoms with Gasteiger partial charge in [-0.25, -0.2) is 8.78 Å². The number of nitrogens with zero attached hydrogens (tertiary/aromatic N) is 4. The zero-order valence-corrected chi connectivity index (χ0v) is 13.6. The molecule has 0 amide bonds. The van der Waals surface area contributed by atoms with Crippen LogP contribution in [0.25, 0.3) is 16.9 Å². The number of halogens is 2. The molecule has 0 saturated heterocycles. The van der Waals surface area contributed by atoms with Gasteiger partial charge in [-0.05, 0) is 49.4 Å². The zero-order valence-electron chi connectivity index (χ0n) is 13.6. The number of hydrogen-bond acceptors (Lipinski definition) is 5. The molecule has 2 heterocycles. The number of nitrogens with two attached hydrogens (primary N) is 1. The summed E-state index contributed by atoms with van der Waals surface area (Å²) in [4.78, 5) is 0. The van der Waals surface area contributed by atoms with Gasteiger partial charge in [0.25, 0.3) is 0 Å². The SMILES string of the molecule is Cc1nnc2ccc(-c3cc(N)ccc3Oc3ccc(F)cc3F)nn12. The van der Waals surface area contributed by atoms with Gasteiger partial charge in [0.15, 0.2) is 23.0 Å². The predicted octanol–water partition coefficient (Wildman–Crippen LogP) is 3.75. The van der Waals surface area contributed by atoms with Crippen molar-refractivity contribution >= 4 is 11.3 Å². The normalized spacial score (nSPS) is 11.0. The number of anilines is 1. The molecule has 0 unspecified atom stereocenters. The van der Waals surface area contributed by atoms with Crippen LogP contribution in [0.4, 0.5) is 14.5 Å². The quantitative estimate of drug-likeness (QED) is 0.568. The van der Waals surface area contributed by atoms with E-state index < -0.39 is 11.6 Å². The molecule has 8 heteroatoms. The first-order valence-electron chi connectivity index (χ1n) is 7.73. The molecule has 0 spiro atoms. The van der Waals surface area contributed by atoms with Crippen molar-refractivity contribution in [1.29, 1.82) is 0 Å². The topological polar surface area (TPSA) is 78.3 Å². The molecule has 6 nitrogen and oxygen atoms in total. The molecule has 2 aromatic carbocycles. The van der Waals surface area contributed by atoms with Crippen LogP contribution in [-0.2, 0) is 0 Å². The fourth-order valence-electron chi connectivity index (χ4n) is 2.55. The summed E-state index contributed by atoms with van der Waals surface area (Å²) in [6.07, 6.45) is 0. The average Bonchev–Trinajstić information content (AvgIpc) is 2.99. The third-order valence-corrected chi connectivity index (χ3v) is 3.81. The van der Waals surface area contributed by atoms with E-state index in [0.29, 0.717) is 34.2 Å². The summed E-state index contributed by atoms with van der Waals surface area (Å²) < 4.78 is 34.3. The Morgan fingerprint density at radius 2 is 1.77 bits per heavy atom. The van der Waals surface area contributed by atoms with Gasteiger partial charge in [0.2, 0.25) is 0 Å². The van der Waals surface area contributed by atoms with Crippen LogP contribution in [0.1, 0.15) is 5.82 Å². The molecule has 2 N–H and O–H groups in total. The van der Waals surface area contributed by atoms with Crippen LogP contribution in [0.3, 0.4) is 0 Å². The Labute approximate surface area is 146 Å². The maximum atomic E-state index is 13.9. The highest BCUT2D eigenvalue weighted by molar-refractivity contribution is 5.72. The molecule has 0 aliphatic carbocycles. The van der Waals surface area contributed by atoms with E-state index in [2.05, 4.69) is 15.3 Å². The minimum atomic E-state index is -0.800. The lowest BCUT2D eigenvalue weighted by atomic mass is 10.1. The first-order valence-corrected chi connectivity index (χ1v) is 7.73. The maximum absolute atomic E-state index is 13.9. The lowest BCUT2D eigenvalue weighted by Crippen LogP contribution is -1.99. The Bertz CT molecular complexity index is 1130. The maximum Gasteiger partial charge on any atom is 0.177 e. The van der Waals surface area contributed by atoms with Crippen molar-refractivity contribution in [3.8, 4) is 22.8 Å². The van der Waals surface area contributed by atoms with Crippen molar-refractivity contribution in [3.05, 3.63) is 66.0 Å². The molecular weight excluding hydrogens is 340 g/mol. The third-order valence-electron chi connectivity index (χ3n) is 3.81. The number of fused-ring (bicyclic) bond motifs is 1. The fourth-order valence-corrected chi connectivity index (χ4v) is 2.55. The Balaban J connectivity index is 1.82. The summed E-state index contributed by atoms with van der Waals surface area (Å²) in [7, 11) is 0. The Morgan fingerprint density at radius 3 is 2.58 bits per heavy atom. The molecule has 0 aliphatic heterocycles. The number of ether oxygens (including phenoxy) is 1. The summed E-state index contributed by atoms with van der Waals surface area (Å²) in [5.74, 6) is -0.618. The highest BCUT2D eigenvalue weighted by Gasteiger charge is 2.14. The Hall–Kier alpha value is -3.55. The monoisotopic (exact) mass is 353 g/mol. The number of nitrogen functional groups attached to an aromatic ring is 1. The first-order chi connectivity index (χ1) is 12.5. The second-order valence-electron chi connectivity index (χ2n) is 5.67. The standard InChI is InChI=1S/C18H13F2N5O/c1-10-22-23-18-7-4-15(24-25(10)18)13-9-12(21)3-6-16(13)26-17-5-2-11(19)8-14(17)20/h2-9H,21H2,1H3. The number of aryl methyl sites for hydroxylation is 1. The van der Waals surface area contributed by atoms with Gasteiger partial charge >= 0.3 is 0 Å². The van der Waals surface area contributed by atoms with Crippen LogP contribution in [0, 0.1) is 18.6 Å². The summed E-state index contributed by atoms with van der Waals surface area (Å²) in [6.45, 7) is 1.78. The van der Waals surface area contributed by atoms with Crippen molar-refractivity contribution in [2.45, 2.75) is 6.92 Å². The molecule has 26 heavy (non-hydrogen) atoms. The highest BCUT2D eigenvalue weighted by Crippen LogP contribution is 2.35. The Morgan fingerprint density at radius 1 is 0.962 bits per heavy atom. The van der Waals surface area contributed by atoms with E-state index in [4.69, 9.17) is 10.5 Å². The Kier molecular flexibility index (Phi) is 3.72. The van der Waals surface area contributed by atoms with E-state index in [1.807, 2.05) is 0 Å². The van der Waals surface area contributed by atoms with Crippen LogP contribution in [0.15, 0.2) is 48.5 Å². The van der Waals surface area contributed by atoms with Crippen LogP contribution in [-0.4, -0.2) is 19.8 Å². The van der Waals surface area contributed by atoms with Gasteiger partial charge in [0.05, 0.1) is 5.69 Å². The molecule has 130 valence electrons. The van der Waals surface area contributed by atoms with Gasteiger partial charge < -0.3 is 10.5 Å². The molecule has 4 aromatic rings. The summed E-state index contributed by atoms with van der Waals surface area (Å²) in [5, 5.41) is 12.4. The van der Waals surface area contributed by atoms with E-state index in [1.165, 1.54) is 6.07 Å². The van der Waals surface area contributed by atoms with E-state index >= 15 is 0 Å². The average molecular weight is 353 g/mol. The minimum Gasteiger partial charge on any atom is -0.454 e. The molecule has 4 rings (SSSR count). The van der Waals surface area contributed by atoms with Gasteiger partial charge in [-0.1, -0.05) is 0 Å². The van der Waals surface area contributed by atoms with Gasteiger partial charge in [0, 0.05) is 17.3 Å². The van der Waals surface area contributed by atoms with Crippen LogP contribution in [0.2, 0.25) is 0 Å². The van der Waals surface area contributed by atoms with E-state index in [1.54, 1.807) is 41.8 Å². The molecule has 0 fully saturated rings. The smallest absolute Gasteiger partial charge is 0.177 e. The van der Waals surface area contributed by atoms with Crippen molar-refractivity contribution in [2.24, 2.45) is 0 Å². The summed E-state index contributed by atoms with van der Waals surface area (Å²) in [6, 6.07) is 11.5. The fraction of sp³-hybridized carbons (Fsp3) is 0.0556. The van der Waals surface area contributed by atoms with E-state index in [0.717, 1.165) is 12.1 Å². The molecule has 2 aromatic heterocycles. The van der Waals surface area contributed by atoms with Crippen molar-refractivity contribution in [2.75, 3.05) is 5.73 Å². The highest BCUT2D eigenvalue weighted by atomic mass is 19.1. The summed E-state index contributed by atoms with van der Waals surface area (Å²) >= 11 is 0. The number of aromatic nitrogens is 4. The van der Waals surface area contributed by atoms with Gasteiger partial charge in [-0.3, -0.25) is 0 Å². The second kappa shape index (κ2) is 6.07. The van der Waals surface area contributed by atoms with Gasteiger partial charge in [-0.15, -0.1) is 10.2 Å². The van der Waals surface area contributed by atoms with Crippen LogP contribution in [0.5, 0.6) is 11.5 Å². The second-order valence-corrected chi connectivity index (χ2v) is 5.67. The van der Waals surface area contributed by atoms with Crippen LogP contribution < -0.4 is 10.5 Å². The van der Waals surface area contributed by atoms with Gasteiger partial charge in [-0.2, -0.15) is 9.61 Å². The minimum absolute atomic E-state index is 0.0982. The third kappa shape index (κ3) is 2.81.